The summed E-state index contributed by atoms with van der Waals surface area (Å²) in [6.45, 7) is 4.64. The van der Waals surface area contributed by atoms with Crippen molar-refractivity contribution in [3.8, 4) is 5.75 Å². The molecule has 1 N–H and O–H groups in total. The fraction of sp³-hybridized carbons (Fsp3) is 0.450. The number of hydrogen-bond acceptors (Lipinski definition) is 6. The monoisotopic (exact) mass is 440 g/mol. The molecular weight excluding hydrogens is 412 g/mol. The number of nitrogens with zero attached hydrogens (tertiary/aromatic N) is 1. The lowest BCUT2D eigenvalue weighted by Crippen LogP contribution is -2.49. The Morgan fingerprint density at radius 3 is 2.52 bits per heavy atom. The first-order chi connectivity index (χ1) is 13.9. The average Bonchev–Trinajstić information content (AvgIpc) is 3.19. The molecule has 1 atom stereocenters. The lowest BCUT2D eigenvalue weighted by Gasteiger charge is -2.30. The van der Waals surface area contributed by atoms with Gasteiger partial charge in [0, 0.05) is 12.3 Å². The van der Waals surface area contributed by atoms with E-state index in [4.69, 9.17) is 9.15 Å². The number of carbonyl (C=O) groups excluding carboxylic acids is 1. The Hall–Kier alpha value is -2.13. The molecule has 0 spiro atoms. The molecule has 7 nitrogen and oxygen atoms in total. The van der Waals surface area contributed by atoms with Crippen molar-refractivity contribution in [1.82, 2.24) is 5.32 Å². The van der Waals surface area contributed by atoms with Crippen LogP contribution in [0.3, 0.4) is 0 Å². The van der Waals surface area contributed by atoms with Crippen LogP contribution in [-0.2, 0) is 20.6 Å². The minimum absolute atomic E-state index is 0.314. The van der Waals surface area contributed by atoms with Crippen LogP contribution in [0.5, 0.6) is 5.75 Å². The molecule has 0 fully saturated rings. The molecule has 1 aromatic carbocycles. The van der Waals surface area contributed by atoms with E-state index in [2.05, 4.69) is 5.32 Å². The minimum atomic E-state index is -3.65. The SMILES string of the molecule is CCOc1ccc(N(C(CC)C(=O)NCCSCc2ccco2)S(C)(=O)=O)cc1. The number of hydrogen-bond donors (Lipinski definition) is 1. The van der Waals surface area contributed by atoms with Gasteiger partial charge in [0.2, 0.25) is 15.9 Å². The molecule has 0 radical (unpaired) electrons. The third-order valence-corrected chi connectivity index (χ3v) is 6.26. The summed E-state index contributed by atoms with van der Waals surface area (Å²) in [7, 11) is -3.65. The van der Waals surface area contributed by atoms with Crippen LogP contribution in [0, 0.1) is 0 Å². The predicted octanol–water partition coefficient (Wildman–Crippen LogP) is 3.27. The highest BCUT2D eigenvalue weighted by molar-refractivity contribution is 7.98. The van der Waals surface area contributed by atoms with Gasteiger partial charge in [0.1, 0.15) is 17.6 Å². The molecule has 0 saturated carbocycles. The van der Waals surface area contributed by atoms with Crippen molar-refractivity contribution in [2.24, 2.45) is 0 Å². The maximum absolute atomic E-state index is 12.7. The maximum atomic E-state index is 12.7. The van der Waals surface area contributed by atoms with E-state index in [1.54, 1.807) is 49.2 Å². The number of carbonyl (C=O) groups is 1. The summed E-state index contributed by atoms with van der Waals surface area (Å²) in [4.78, 5) is 12.7. The standard InChI is InChI=1S/C20H28N2O5S2/c1-4-19(20(23)21-12-14-28-15-18-7-6-13-27-18)22(29(3,24)25)16-8-10-17(11-9-16)26-5-2/h6-11,13,19H,4-5,12,14-15H2,1-3H3,(H,21,23). The molecule has 1 heterocycles. The zero-order valence-corrected chi connectivity index (χ0v) is 18.6. The van der Waals surface area contributed by atoms with E-state index in [0.717, 1.165) is 17.8 Å². The van der Waals surface area contributed by atoms with Crippen LogP contribution in [0.25, 0.3) is 0 Å². The van der Waals surface area contributed by atoms with Crippen LogP contribution in [0.15, 0.2) is 47.1 Å². The first kappa shape index (κ1) is 23.2. The number of nitrogens with one attached hydrogen (secondary N) is 1. The Morgan fingerprint density at radius 2 is 1.97 bits per heavy atom. The van der Waals surface area contributed by atoms with Crippen LogP contribution in [0.4, 0.5) is 5.69 Å². The Labute approximate surface area is 176 Å². The van der Waals surface area contributed by atoms with E-state index < -0.39 is 16.1 Å². The molecule has 1 unspecified atom stereocenters. The topological polar surface area (TPSA) is 88.8 Å². The zero-order valence-electron chi connectivity index (χ0n) is 17.0. The van der Waals surface area contributed by atoms with Gasteiger partial charge in [-0.3, -0.25) is 9.10 Å². The average molecular weight is 441 g/mol. The van der Waals surface area contributed by atoms with Gasteiger partial charge in [-0.1, -0.05) is 6.92 Å². The lowest BCUT2D eigenvalue weighted by molar-refractivity contribution is -0.122. The summed E-state index contributed by atoms with van der Waals surface area (Å²) in [5.74, 6) is 2.64. The largest absolute Gasteiger partial charge is 0.494 e. The van der Waals surface area contributed by atoms with E-state index in [9.17, 15) is 13.2 Å². The Morgan fingerprint density at radius 1 is 1.24 bits per heavy atom. The van der Waals surface area contributed by atoms with Crippen molar-refractivity contribution in [2.45, 2.75) is 32.1 Å². The van der Waals surface area contributed by atoms with Gasteiger partial charge < -0.3 is 14.5 Å². The second-order valence-corrected chi connectivity index (χ2v) is 9.30. The van der Waals surface area contributed by atoms with Gasteiger partial charge in [-0.2, -0.15) is 11.8 Å². The van der Waals surface area contributed by atoms with E-state index in [1.807, 2.05) is 19.1 Å². The van der Waals surface area contributed by atoms with Crippen LogP contribution in [0.2, 0.25) is 0 Å². The predicted molar refractivity (Wildman–Crippen MR) is 117 cm³/mol. The molecule has 2 rings (SSSR count). The summed E-state index contributed by atoms with van der Waals surface area (Å²) >= 11 is 1.63. The number of thioether (sulfide) groups is 1. The van der Waals surface area contributed by atoms with Crippen LogP contribution >= 0.6 is 11.8 Å². The van der Waals surface area contributed by atoms with E-state index >= 15 is 0 Å². The molecule has 160 valence electrons. The molecule has 0 saturated heterocycles. The highest BCUT2D eigenvalue weighted by Crippen LogP contribution is 2.25. The number of rotatable bonds is 12. The highest BCUT2D eigenvalue weighted by Gasteiger charge is 2.31. The number of ether oxygens (including phenoxy) is 1. The number of anilines is 1. The third kappa shape index (κ3) is 7.01. The van der Waals surface area contributed by atoms with Crippen LogP contribution < -0.4 is 14.4 Å². The molecule has 2 aromatic rings. The molecule has 9 heteroatoms. The second-order valence-electron chi connectivity index (χ2n) is 6.33. The maximum Gasteiger partial charge on any atom is 0.243 e. The van der Waals surface area contributed by atoms with Gasteiger partial charge in [-0.15, -0.1) is 0 Å². The molecule has 0 bridgehead atoms. The van der Waals surface area contributed by atoms with Gasteiger partial charge in [-0.25, -0.2) is 8.42 Å². The van der Waals surface area contributed by atoms with Gasteiger partial charge in [0.15, 0.2) is 0 Å². The lowest BCUT2D eigenvalue weighted by atomic mass is 10.2. The third-order valence-electron chi connectivity index (χ3n) is 4.10. The smallest absolute Gasteiger partial charge is 0.243 e. The summed E-state index contributed by atoms with van der Waals surface area (Å²) in [5, 5.41) is 2.85. The Balaban J connectivity index is 2.00. The van der Waals surface area contributed by atoms with Crippen molar-refractivity contribution in [2.75, 3.05) is 29.5 Å². The van der Waals surface area contributed by atoms with Crippen molar-refractivity contribution in [3.63, 3.8) is 0 Å². The van der Waals surface area contributed by atoms with Gasteiger partial charge in [0.25, 0.3) is 0 Å². The molecular formula is C20H28N2O5S2. The van der Waals surface area contributed by atoms with Crippen LogP contribution in [-0.4, -0.2) is 45.5 Å². The first-order valence-corrected chi connectivity index (χ1v) is 12.5. The van der Waals surface area contributed by atoms with Gasteiger partial charge in [-0.05, 0) is 49.7 Å². The van der Waals surface area contributed by atoms with Crippen molar-refractivity contribution in [1.29, 1.82) is 0 Å². The summed E-state index contributed by atoms with van der Waals surface area (Å²) in [6, 6.07) is 9.63. The minimum Gasteiger partial charge on any atom is -0.494 e. The first-order valence-electron chi connectivity index (χ1n) is 9.47. The fourth-order valence-electron chi connectivity index (χ4n) is 2.85. The summed E-state index contributed by atoms with van der Waals surface area (Å²) in [5.41, 5.74) is 0.435. The van der Waals surface area contributed by atoms with Gasteiger partial charge in [0.05, 0.1) is 30.6 Å². The number of sulfonamides is 1. The summed E-state index contributed by atoms with van der Waals surface area (Å²) < 4.78 is 36.8. The molecule has 0 aliphatic rings. The number of amides is 1. The van der Waals surface area contributed by atoms with Crippen molar-refractivity contribution >= 4 is 33.4 Å². The van der Waals surface area contributed by atoms with E-state index in [1.165, 1.54) is 4.31 Å². The second kappa shape index (κ2) is 11.2. The zero-order chi connectivity index (χ0) is 21.3. The summed E-state index contributed by atoms with van der Waals surface area (Å²) in [6.07, 6.45) is 3.09. The Kier molecular flexibility index (Phi) is 8.91. The van der Waals surface area contributed by atoms with Gasteiger partial charge >= 0.3 is 0 Å². The van der Waals surface area contributed by atoms with Crippen molar-refractivity contribution < 1.29 is 22.4 Å². The van der Waals surface area contributed by atoms with E-state index in [-0.39, 0.29) is 5.91 Å². The quantitative estimate of drug-likeness (QED) is 0.510. The molecule has 29 heavy (non-hydrogen) atoms. The normalized spacial score (nSPS) is 12.4. The highest BCUT2D eigenvalue weighted by atomic mass is 32.2. The molecule has 0 aliphatic carbocycles. The molecule has 1 amide bonds. The fourth-order valence-corrected chi connectivity index (χ4v) is 4.82. The number of furan rings is 1. The van der Waals surface area contributed by atoms with E-state index in [0.29, 0.717) is 36.8 Å². The van der Waals surface area contributed by atoms with Crippen molar-refractivity contribution in [3.05, 3.63) is 48.4 Å². The number of benzene rings is 1. The molecule has 0 aliphatic heterocycles. The molecule has 1 aromatic heterocycles. The Bertz CT molecular complexity index is 852. The van der Waals surface area contributed by atoms with Crippen LogP contribution in [0.1, 0.15) is 26.0 Å².